The van der Waals surface area contributed by atoms with Gasteiger partial charge in [-0.05, 0) is 48.1 Å². The van der Waals surface area contributed by atoms with Gasteiger partial charge in [-0.2, -0.15) is 0 Å². The maximum absolute atomic E-state index is 12.4. The van der Waals surface area contributed by atoms with Gasteiger partial charge in [0.2, 0.25) is 5.91 Å². The number of nitrogens with zero attached hydrogens (tertiary/aromatic N) is 1. The first-order valence-electron chi connectivity index (χ1n) is 9.01. The predicted octanol–water partition coefficient (Wildman–Crippen LogP) is 3.68. The Labute approximate surface area is 154 Å². The summed E-state index contributed by atoms with van der Waals surface area (Å²) in [5, 5.41) is 10.5. The summed E-state index contributed by atoms with van der Waals surface area (Å²) in [4.78, 5) is 14.3. The van der Waals surface area contributed by atoms with E-state index in [1.807, 2.05) is 65.6 Å². The highest BCUT2D eigenvalue weighted by molar-refractivity contribution is 5.91. The van der Waals surface area contributed by atoms with Gasteiger partial charge in [0.25, 0.3) is 0 Å². The molecule has 136 valence electrons. The van der Waals surface area contributed by atoms with Crippen LogP contribution in [0.15, 0.2) is 60.7 Å². The molecule has 2 aromatic rings. The van der Waals surface area contributed by atoms with Crippen LogP contribution in [0.1, 0.15) is 30.1 Å². The SMILES string of the molecule is COc1cccc(C=CC(=O)N2CCC(C(O)c3ccccc3)CC2)c1. The number of methoxy groups -OCH3 is 1. The fourth-order valence-electron chi connectivity index (χ4n) is 3.38. The number of hydrogen-bond acceptors (Lipinski definition) is 3. The largest absolute Gasteiger partial charge is 0.497 e. The van der Waals surface area contributed by atoms with Crippen LogP contribution < -0.4 is 4.74 Å². The van der Waals surface area contributed by atoms with E-state index in [0.717, 1.165) is 29.7 Å². The molecule has 0 saturated carbocycles. The highest BCUT2D eigenvalue weighted by atomic mass is 16.5. The summed E-state index contributed by atoms with van der Waals surface area (Å²) in [7, 11) is 1.63. The Morgan fingerprint density at radius 1 is 1.15 bits per heavy atom. The Morgan fingerprint density at radius 3 is 2.58 bits per heavy atom. The van der Waals surface area contributed by atoms with Crippen LogP contribution in [0, 0.1) is 5.92 Å². The van der Waals surface area contributed by atoms with Crippen LogP contribution in [0.3, 0.4) is 0 Å². The van der Waals surface area contributed by atoms with Crippen molar-refractivity contribution in [3.05, 3.63) is 71.8 Å². The van der Waals surface area contributed by atoms with Gasteiger partial charge >= 0.3 is 0 Å². The van der Waals surface area contributed by atoms with Crippen molar-refractivity contribution >= 4 is 12.0 Å². The second-order valence-electron chi connectivity index (χ2n) is 6.63. The number of likely N-dealkylation sites (tertiary alicyclic amines) is 1. The number of ether oxygens (including phenoxy) is 1. The lowest BCUT2D eigenvalue weighted by Crippen LogP contribution is -2.38. The number of rotatable bonds is 5. The molecule has 1 heterocycles. The molecule has 0 radical (unpaired) electrons. The van der Waals surface area contributed by atoms with Crippen molar-refractivity contribution in [1.29, 1.82) is 0 Å². The number of amides is 1. The van der Waals surface area contributed by atoms with Crippen LogP contribution in [-0.2, 0) is 4.79 Å². The van der Waals surface area contributed by atoms with Gasteiger partial charge in [-0.15, -0.1) is 0 Å². The van der Waals surface area contributed by atoms with E-state index in [1.54, 1.807) is 13.2 Å². The van der Waals surface area contributed by atoms with E-state index >= 15 is 0 Å². The quantitative estimate of drug-likeness (QED) is 0.836. The maximum Gasteiger partial charge on any atom is 0.246 e. The third-order valence-corrected chi connectivity index (χ3v) is 4.95. The van der Waals surface area contributed by atoms with Gasteiger partial charge in [0.15, 0.2) is 0 Å². The molecule has 1 unspecified atom stereocenters. The fourth-order valence-corrected chi connectivity index (χ4v) is 3.38. The third-order valence-electron chi connectivity index (χ3n) is 4.95. The Morgan fingerprint density at radius 2 is 1.88 bits per heavy atom. The van der Waals surface area contributed by atoms with Crippen molar-refractivity contribution in [2.24, 2.45) is 5.92 Å². The zero-order valence-corrected chi connectivity index (χ0v) is 15.0. The number of aliphatic hydroxyl groups is 1. The Balaban J connectivity index is 1.54. The van der Waals surface area contributed by atoms with Crippen molar-refractivity contribution in [2.75, 3.05) is 20.2 Å². The standard InChI is InChI=1S/C22H25NO3/c1-26-20-9-5-6-17(16-20)10-11-21(24)23-14-12-19(13-15-23)22(25)18-7-3-2-4-8-18/h2-11,16,19,22,25H,12-15H2,1H3. The summed E-state index contributed by atoms with van der Waals surface area (Å²) in [5.41, 5.74) is 1.89. The number of carbonyl (C=O) groups excluding carboxylic acids is 1. The van der Waals surface area contributed by atoms with Gasteiger partial charge in [0.1, 0.15) is 5.75 Å². The van der Waals surface area contributed by atoms with Gasteiger partial charge < -0.3 is 14.7 Å². The number of aliphatic hydroxyl groups excluding tert-OH is 1. The molecule has 1 atom stereocenters. The third kappa shape index (κ3) is 4.52. The normalized spacial score (nSPS) is 16.6. The molecule has 26 heavy (non-hydrogen) atoms. The van der Waals surface area contributed by atoms with E-state index in [1.165, 1.54) is 0 Å². The molecule has 1 saturated heterocycles. The van der Waals surface area contributed by atoms with Crippen molar-refractivity contribution in [2.45, 2.75) is 18.9 Å². The minimum absolute atomic E-state index is 0.0143. The van der Waals surface area contributed by atoms with Crippen LogP contribution in [0.2, 0.25) is 0 Å². The zero-order chi connectivity index (χ0) is 18.4. The van der Waals surface area contributed by atoms with Crippen molar-refractivity contribution < 1.29 is 14.6 Å². The lowest BCUT2D eigenvalue weighted by molar-refractivity contribution is -0.127. The second kappa shape index (κ2) is 8.68. The van der Waals surface area contributed by atoms with Crippen molar-refractivity contribution in [3.63, 3.8) is 0 Å². The average molecular weight is 351 g/mol. The lowest BCUT2D eigenvalue weighted by Gasteiger charge is -2.33. The highest BCUT2D eigenvalue weighted by Gasteiger charge is 2.27. The van der Waals surface area contributed by atoms with E-state index in [9.17, 15) is 9.90 Å². The van der Waals surface area contributed by atoms with Gasteiger partial charge in [-0.1, -0.05) is 42.5 Å². The smallest absolute Gasteiger partial charge is 0.246 e. The predicted molar refractivity (Wildman–Crippen MR) is 103 cm³/mol. The van der Waals surface area contributed by atoms with Crippen molar-refractivity contribution in [3.8, 4) is 5.75 Å². The molecule has 1 amide bonds. The number of carbonyl (C=O) groups is 1. The summed E-state index contributed by atoms with van der Waals surface area (Å²) in [6.07, 6.45) is 4.60. The molecule has 0 spiro atoms. The molecule has 1 aliphatic heterocycles. The van der Waals surface area contributed by atoms with Crippen LogP contribution in [0.25, 0.3) is 6.08 Å². The van der Waals surface area contributed by atoms with Gasteiger partial charge in [0, 0.05) is 19.2 Å². The van der Waals surface area contributed by atoms with Gasteiger partial charge in [-0.25, -0.2) is 0 Å². The summed E-state index contributed by atoms with van der Waals surface area (Å²) in [5.74, 6) is 0.986. The highest BCUT2D eigenvalue weighted by Crippen LogP contribution is 2.30. The van der Waals surface area contributed by atoms with Gasteiger partial charge in [0.05, 0.1) is 13.2 Å². The zero-order valence-electron chi connectivity index (χ0n) is 15.0. The first-order chi connectivity index (χ1) is 12.7. The molecule has 4 heteroatoms. The first kappa shape index (κ1) is 18.2. The molecule has 1 N–H and O–H groups in total. The number of piperidine rings is 1. The first-order valence-corrected chi connectivity index (χ1v) is 9.01. The van der Waals surface area contributed by atoms with E-state index in [0.29, 0.717) is 13.1 Å². The molecule has 3 rings (SSSR count). The monoisotopic (exact) mass is 351 g/mol. The van der Waals surface area contributed by atoms with Crippen LogP contribution in [0.4, 0.5) is 0 Å². The maximum atomic E-state index is 12.4. The van der Waals surface area contributed by atoms with Gasteiger partial charge in [-0.3, -0.25) is 4.79 Å². The summed E-state index contributed by atoms with van der Waals surface area (Å²) >= 11 is 0. The Hall–Kier alpha value is -2.59. The molecular formula is C22H25NO3. The lowest BCUT2D eigenvalue weighted by atomic mass is 9.87. The van der Waals surface area contributed by atoms with Crippen LogP contribution in [-0.4, -0.2) is 36.1 Å². The molecule has 0 bridgehead atoms. The second-order valence-corrected chi connectivity index (χ2v) is 6.63. The molecule has 0 aliphatic carbocycles. The fraction of sp³-hybridized carbons (Fsp3) is 0.318. The Bertz CT molecular complexity index is 749. The summed E-state index contributed by atoms with van der Waals surface area (Å²) in [6, 6.07) is 17.4. The van der Waals surface area contributed by atoms with Crippen LogP contribution in [0.5, 0.6) is 5.75 Å². The van der Waals surface area contributed by atoms with E-state index < -0.39 is 6.10 Å². The van der Waals surface area contributed by atoms with E-state index in [4.69, 9.17) is 4.74 Å². The minimum Gasteiger partial charge on any atom is -0.497 e. The molecule has 1 fully saturated rings. The van der Waals surface area contributed by atoms with E-state index in [2.05, 4.69) is 0 Å². The molecule has 0 aromatic heterocycles. The van der Waals surface area contributed by atoms with E-state index in [-0.39, 0.29) is 11.8 Å². The average Bonchev–Trinajstić information content (AvgIpc) is 2.72. The number of hydrogen-bond donors (Lipinski definition) is 1. The number of benzene rings is 2. The topological polar surface area (TPSA) is 49.8 Å². The molecular weight excluding hydrogens is 326 g/mol. The minimum atomic E-state index is -0.458. The molecule has 1 aliphatic rings. The molecule has 2 aromatic carbocycles. The van der Waals surface area contributed by atoms with Crippen molar-refractivity contribution in [1.82, 2.24) is 4.90 Å². The molecule has 4 nitrogen and oxygen atoms in total. The summed E-state index contributed by atoms with van der Waals surface area (Å²) < 4.78 is 5.20. The van der Waals surface area contributed by atoms with Crippen LogP contribution >= 0.6 is 0 Å². The Kier molecular flexibility index (Phi) is 6.08. The summed E-state index contributed by atoms with van der Waals surface area (Å²) in [6.45, 7) is 1.35.